The molecule has 1 aromatic carbocycles. The Kier molecular flexibility index (Phi) is 5.15. The molecule has 0 radical (unpaired) electrons. The second-order valence-corrected chi connectivity index (χ2v) is 5.75. The highest BCUT2D eigenvalue weighted by atomic mass is 16.3. The molecule has 1 N–H and O–H groups in total. The predicted molar refractivity (Wildman–Crippen MR) is 79.3 cm³/mol. The van der Waals surface area contributed by atoms with Gasteiger partial charge in [0, 0.05) is 26.7 Å². The van der Waals surface area contributed by atoms with Gasteiger partial charge >= 0.3 is 0 Å². The van der Waals surface area contributed by atoms with Crippen molar-refractivity contribution in [2.24, 2.45) is 5.92 Å². The van der Waals surface area contributed by atoms with E-state index in [2.05, 4.69) is 24.0 Å². The molecule has 1 aliphatic heterocycles. The Morgan fingerprint density at radius 2 is 2.20 bits per heavy atom. The fourth-order valence-corrected chi connectivity index (χ4v) is 2.65. The van der Waals surface area contributed by atoms with Crippen molar-refractivity contribution in [1.29, 1.82) is 0 Å². The summed E-state index contributed by atoms with van der Waals surface area (Å²) in [6.45, 7) is 5.15. The van der Waals surface area contributed by atoms with E-state index in [0.29, 0.717) is 19.0 Å². The van der Waals surface area contributed by atoms with Crippen LogP contribution < -0.4 is 0 Å². The Labute approximate surface area is 121 Å². The van der Waals surface area contributed by atoms with Gasteiger partial charge in [0.1, 0.15) is 0 Å². The second kappa shape index (κ2) is 6.86. The van der Waals surface area contributed by atoms with Crippen molar-refractivity contribution in [1.82, 2.24) is 9.80 Å². The van der Waals surface area contributed by atoms with Gasteiger partial charge in [0.05, 0.1) is 6.54 Å². The summed E-state index contributed by atoms with van der Waals surface area (Å²) in [5, 5.41) is 9.13. The molecule has 4 nitrogen and oxygen atoms in total. The minimum Gasteiger partial charge on any atom is -0.396 e. The molecule has 0 saturated carbocycles. The molecule has 1 saturated heterocycles. The van der Waals surface area contributed by atoms with Gasteiger partial charge < -0.3 is 10.0 Å². The lowest BCUT2D eigenvalue weighted by Crippen LogP contribution is -2.37. The maximum atomic E-state index is 12.2. The number of carbonyl (C=O) groups excluding carboxylic acids is 1. The number of likely N-dealkylation sites (tertiary alicyclic amines) is 1. The standard InChI is InChI=1S/C16H24N2O2/c1-13-5-3-4-6-15(13)10-17(2)16(20)11-18-8-7-14(9-18)12-19/h3-6,14,19H,7-12H2,1-2H3. The van der Waals surface area contributed by atoms with Crippen LogP contribution >= 0.6 is 0 Å². The largest absolute Gasteiger partial charge is 0.396 e. The number of hydrogen-bond acceptors (Lipinski definition) is 3. The third-order valence-corrected chi connectivity index (χ3v) is 4.08. The van der Waals surface area contributed by atoms with E-state index >= 15 is 0 Å². The first kappa shape index (κ1) is 15.0. The van der Waals surface area contributed by atoms with Crippen LogP contribution in [0.5, 0.6) is 0 Å². The Morgan fingerprint density at radius 1 is 1.45 bits per heavy atom. The van der Waals surface area contributed by atoms with Crippen LogP contribution in [0.15, 0.2) is 24.3 Å². The highest BCUT2D eigenvalue weighted by Crippen LogP contribution is 2.15. The average molecular weight is 276 g/mol. The minimum atomic E-state index is 0.145. The topological polar surface area (TPSA) is 43.8 Å². The van der Waals surface area contributed by atoms with E-state index in [1.54, 1.807) is 4.90 Å². The van der Waals surface area contributed by atoms with Crippen LogP contribution in [0.4, 0.5) is 0 Å². The molecule has 1 aromatic rings. The zero-order chi connectivity index (χ0) is 14.5. The summed E-state index contributed by atoms with van der Waals surface area (Å²) in [6.07, 6.45) is 0.991. The van der Waals surface area contributed by atoms with Crippen LogP contribution in [-0.4, -0.2) is 54.1 Å². The molecule has 1 atom stereocenters. The Balaban J connectivity index is 1.85. The van der Waals surface area contributed by atoms with E-state index in [0.717, 1.165) is 19.5 Å². The van der Waals surface area contributed by atoms with Crippen molar-refractivity contribution in [2.45, 2.75) is 19.9 Å². The molecule has 4 heteroatoms. The Bertz CT molecular complexity index is 462. The molecule has 0 bridgehead atoms. The number of aryl methyl sites for hydroxylation is 1. The molecule has 0 spiro atoms. The molecule has 1 aliphatic rings. The summed E-state index contributed by atoms with van der Waals surface area (Å²) < 4.78 is 0. The SMILES string of the molecule is Cc1ccccc1CN(C)C(=O)CN1CCC(CO)C1. The quantitative estimate of drug-likeness (QED) is 0.881. The number of nitrogens with zero attached hydrogens (tertiary/aromatic N) is 2. The number of aliphatic hydroxyl groups excluding tert-OH is 1. The van der Waals surface area contributed by atoms with Crippen LogP contribution in [-0.2, 0) is 11.3 Å². The van der Waals surface area contributed by atoms with Gasteiger partial charge in [0.15, 0.2) is 0 Å². The molecule has 0 aromatic heterocycles. The zero-order valence-corrected chi connectivity index (χ0v) is 12.4. The van der Waals surface area contributed by atoms with Crippen molar-refractivity contribution in [3.8, 4) is 0 Å². The number of carbonyl (C=O) groups is 1. The third-order valence-electron chi connectivity index (χ3n) is 4.08. The number of hydrogen-bond donors (Lipinski definition) is 1. The molecule has 1 fully saturated rings. The maximum Gasteiger partial charge on any atom is 0.236 e. The summed E-state index contributed by atoms with van der Waals surface area (Å²) in [5.41, 5.74) is 2.41. The molecule has 110 valence electrons. The lowest BCUT2D eigenvalue weighted by atomic mass is 10.1. The maximum absolute atomic E-state index is 12.2. The Hall–Kier alpha value is -1.39. The van der Waals surface area contributed by atoms with Crippen molar-refractivity contribution in [3.63, 3.8) is 0 Å². The number of likely N-dealkylation sites (N-methyl/N-ethyl adjacent to an activating group) is 1. The van der Waals surface area contributed by atoms with Crippen LogP contribution in [0.2, 0.25) is 0 Å². The van der Waals surface area contributed by atoms with Gasteiger partial charge in [-0.15, -0.1) is 0 Å². The average Bonchev–Trinajstić information content (AvgIpc) is 2.89. The van der Waals surface area contributed by atoms with Gasteiger partial charge in [0.2, 0.25) is 5.91 Å². The second-order valence-electron chi connectivity index (χ2n) is 5.75. The summed E-state index contributed by atoms with van der Waals surface area (Å²) in [7, 11) is 1.86. The van der Waals surface area contributed by atoms with E-state index in [9.17, 15) is 4.79 Å². The zero-order valence-electron chi connectivity index (χ0n) is 12.4. The molecule has 1 amide bonds. The predicted octanol–water partition coefficient (Wildman–Crippen LogP) is 1.27. The lowest BCUT2D eigenvalue weighted by Gasteiger charge is -2.22. The summed E-state index contributed by atoms with van der Waals surface area (Å²) in [5.74, 6) is 0.483. The fraction of sp³-hybridized carbons (Fsp3) is 0.562. The minimum absolute atomic E-state index is 0.145. The van der Waals surface area contributed by atoms with Crippen molar-refractivity contribution >= 4 is 5.91 Å². The number of rotatable bonds is 5. The van der Waals surface area contributed by atoms with Gasteiger partial charge in [-0.2, -0.15) is 0 Å². The molecule has 0 aliphatic carbocycles. The smallest absolute Gasteiger partial charge is 0.236 e. The van der Waals surface area contributed by atoms with Gasteiger partial charge in [-0.25, -0.2) is 0 Å². The summed E-state index contributed by atoms with van der Waals surface area (Å²) >= 11 is 0. The molecule has 20 heavy (non-hydrogen) atoms. The number of amides is 1. The molecule has 1 heterocycles. The summed E-state index contributed by atoms with van der Waals surface area (Å²) in [6, 6.07) is 8.16. The highest BCUT2D eigenvalue weighted by molar-refractivity contribution is 5.78. The van der Waals surface area contributed by atoms with E-state index in [-0.39, 0.29) is 12.5 Å². The molecular formula is C16H24N2O2. The van der Waals surface area contributed by atoms with Gasteiger partial charge in [-0.3, -0.25) is 9.69 Å². The normalized spacial score (nSPS) is 19.2. The number of aliphatic hydroxyl groups is 1. The summed E-state index contributed by atoms with van der Waals surface area (Å²) in [4.78, 5) is 16.2. The van der Waals surface area contributed by atoms with Crippen LogP contribution in [0.25, 0.3) is 0 Å². The van der Waals surface area contributed by atoms with E-state index < -0.39 is 0 Å². The lowest BCUT2D eigenvalue weighted by molar-refractivity contribution is -0.131. The first-order valence-electron chi connectivity index (χ1n) is 7.22. The fourth-order valence-electron chi connectivity index (χ4n) is 2.65. The van der Waals surface area contributed by atoms with Crippen LogP contribution in [0.1, 0.15) is 17.5 Å². The van der Waals surface area contributed by atoms with Crippen molar-refractivity contribution in [2.75, 3.05) is 33.3 Å². The Morgan fingerprint density at radius 3 is 2.85 bits per heavy atom. The molecular weight excluding hydrogens is 252 g/mol. The van der Waals surface area contributed by atoms with Gasteiger partial charge in [0.25, 0.3) is 0 Å². The van der Waals surface area contributed by atoms with Crippen LogP contribution in [0.3, 0.4) is 0 Å². The first-order chi connectivity index (χ1) is 9.60. The van der Waals surface area contributed by atoms with Gasteiger partial charge in [-0.05, 0) is 36.9 Å². The van der Waals surface area contributed by atoms with Crippen LogP contribution in [0, 0.1) is 12.8 Å². The molecule has 2 rings (SSSR count). The van der Waals surface area contributed by atoms with Gasteiger partial charge in [-0.1, -0.05) is 24.3 Å². The third kappa shape index (κ3) is 3.81. The van der Waals surface area contributed by atoms with Crippen molar-refractivity contribution in [3.05, 3.63) is 35.4 Å². The first-order valence-corrected chi connectivity index (χ1v) is 7.22. The molecule has 1 unspecified atom stereocenters. The van der Waals surface area contributed by atoms with E-state index in [1.807, 2.05) is 19.2 Å². The van der Waals surface area contributed by atoms with Crippen molar-refractivity contribution < 1.29 is 9.90 Å². The number of benzene rings is 1. The highest BCUT2D eigenvalue weighted by Gasteiger charge is 2.24. The van der Waals surface area contributed by atoms with E-state index in [1.165, 1.54) is 11.1 Å². The van der Waals surface area contributed by atoms with E-state index in [4.69, 9.17) is 5.11 Å². The monoisotopic (exact) mass is 276 g/mol.